The van der Waals surface area contributed by atoms with Crippen LogP contribution < -0.4 is 10.1 Å². The number of hydrogen-bond donors (Lipinski definition) is 2. The van der Waals surface area contributed by atoms with Gasteiger partial charge in [-0.15, -0.1) is 0 Å². The van der Waals surface area contributed by atoms with Crippen molar-refractivity contribution in [2.45, 2.75) is 18.4 Å². The van der Waals surface area contributed by atoms with Gasteiger partial charge in [0.25, 0.3) is 5.91 Å². The topological polar surface area (TPSA) is 78.9 Å². The number of ether oxygens (including phenoxy) is 1. The summed E-state index contributed by atoms with van der Waals surface area (Å²) in [6.07, 6.45) is 0.108. The fourth-order valence-electron chi connectivity index (χ4n) is 3.44. The van der Waals surface area contributed by atoms with Crippen molar-refractivity contribution in [1.29, 1.82) is 0 Å². The van der Waals surface area contributed by atoms with E-state index in [0.29, 0.717) is 37.2 Å². The lowest BCUT2D eigenvalue weighted by Crippen LogP contribution is -2.54. The highest BCUT2D eigenvalue weighted by molar-refractivity contribution is 5.97. The zero-order valence-electron chi connectivity index (χ0n) is 14.6. The number of methoxy groups -OCH3 is 1. The summed E-state index contributed by atoms with van der Waals surface area (Å²) < 4.78 is 5.30. The lowest BCUT2D eigenvalue weighted by Gasteiger charge is -2.42. The van der Waals surface area contributed by atoms with Gasteiger partial charge in [0.15, 0.2) is 0 Å². The molecular weight excluding hydrogens is 332 g/mol. The summed E-state index contributed by atoms with van der Waals surface area (Å²) in [5, 5.41) is 12.4. The lowest BCUT2D eigenvalue weighted by molar-refractivity contribution is 0.0789. The van der Waals surface area contributed by atoms with Crippen molar-refractivity contribution in [2.24, 2.45) is 0 Å². The normalized spacial score (nSPS) is 16.0. The summed E-state index contributed by atoms with van der Waals surface area (Å²) in [5.74, 6) is 0.284. The Hall–Kier alpha value is -3.02. The number of nitrogens with zero attached hydrogens (tertiary/aromatic N) is 1. The van der Waals surface area contributed by atoms with Crippen molar-refractivity contribution >= 4 is 12.0 Å². The van der Waals surface area contributed by atoms with E-state index < -0.39 is 11.6 Å². The number of carbonyl (C=O) groups excluding carboxylic acids is 1. The van der Waals surface area contributed by atoms with Crippen LogP contribution in [0.1, 0.15) is 28.8 Å². The summed E-state index contributed by atoms with van der Waals surface area (Å²) >= 11 is 0. The number of piperidine rings is 1. The van der Waals surface area contributed by atoms with E-state index in [4.69, 9.17) is 4.74 Å². The number of likely N-dealkylation sites (tertiary alicyclic amines) is 1. The SMILES string of the molecule is COc1ccccc1C(=O)NC1(c2ccccc2)CCN(C(=O)O)CC1. The molecule has 1 heterocycles. The van der Waals surface area contributed by atoms with Crippen molar-refractivity contribution in [2.75, 3.05) is 20.2 Å². The van der Waals surface area contributed by atoms with Crippen LogP contribution in [0, 0.1) is 0 Å². The molecule has 6 nitrogen and oxygen atoms in total. The minimum atomic E-state index is -0.928. The summed E-state index contributed by atoms with van der Waals surface area (Å²) in [6, 6.07) is 16.8. The number of hydrogen-bond acceptors (Lipinski definition) is 3. The number of benzene rings is 2. The van der Waals surface area contributed by atoms with Crippen LogP contribution in [0.3, 0.4) is 0 Å². The van der Waals surface area contributed by atoms with E-state index in [1.165, 1.54) is 12.0 Å². The minimum absolute atomic E-state index is 0.227. The molecule has 0 atom stereocenters. The quantitative estimate of drug-likeness (QED) is 0.884. The largest absolute Gasteiger partial charge is 0.496 e. The second-order valence-electron chi connectivity index (χ2n) is 6.37. The van der Waals surface area contributed by atoms with Gasteiger partial charge in [0.05, 0.1) is 18.2 Å². The summed E-state index contributed by atoms with van der Waals surface area (Å²) in [6.45, 7) is 0.743. The third-order valence-electron chi connectivity index (χ3n) is 4.92. The number of para-hydroxylation sites is 1. The monoisotopic (exact) mass is 354 g/mol. The van der Waals surface area contributed by atoms with Gasteiger partial charge in [0.1, 0.15) is 5.75 Å². The molecule has 2 N–H and O–H groups in total. The summed E-state index contributed by atoms with van der Waals surface area (Å²) in [4.78, 5) is 25.6. The molecule has 3 rings (SSSR count). The fourth-order valence-corrected chi connectivity index (χ4v) is 3.44. The number of carbonyl (C=O) groups is 2. The average molecular weight is 354 g/mol. The Kier molecular flexibility index (Phi) is 5.11. The Bertz CT molecular complexity index is 783. The predicted octanol–water partition coefficient (Wildman–Crippen LogP) is 3.09. The van der Waals surface area contributed by atoms with Gasteiger partial charge in [0, 0.05) is 13.1 Å². The van der Waals surface area contributed by atoms with Gasteiger partial charge in [-0.3, -0.25) is 4.79 Å². The van der Waals surface area contributed by atoms with Crippen LogP contribution in [0.15, 0.2) is 54.6 Å². The maximum absolute atomic E-state index is 13.0. The molecule has 0 aromatic heterocycles. The van der Waals surface area contributed by atoms with Gasteiger partial charge < -0.3 is 20.1 Å². The van der Waals surface area contributed by atoms with Crippen molar-refractivity contribution in [1.82, 2.24) is 10.2 Å². The Morgan fingerprint density at radius 3 is 2.27 bits per heavy atom. The van der Waals surface area contributed by atoms with Gasteiger partial charge >= 0.3 is 6.09 Å². The second-order valence-corrected chi connectivity index (χ2v) is 6.37. The van der Waals surface area contributed by atoms with E-state index in [-0.39, 0.29) is 5.91 Å². The zero-order chi connectivity index (χ0) is 18.6. The first-order valence-corrected chi connectivity index (χ1v) is 8.55. The Labute approximate surface area is 152 Å². The summed E-state index contributed by atoms with van der Waals surface area (Å²) in [7, 11) is 1.53. The third kappa shape index (κ3) is 3.49. The van der Waals surface area contributed by atoms with Crippen molar-refractivity contribution in [3.05, 3.63) is 65.7 Å². The van der Waals surface area contributed by atoms with Crippen LogP contribution in [0.4, 0.5) is 4.79 Å². The standard InChI is InChI=1S/C20H22N2O4/c1-26-17-10-6-5-9-16(17)18(23)21-20(15-7-3-2-4-8-15)11-13-22(14-12-20)19(24)25/h2-10H,11-14H2,1H3,(H,21,23)(H,24,25). The fraction of sp³-hybridized carbons (Fsp3) is 0.300. The molecule has 6 heteroatoms. The second kappa shape index (κ2) is 7.47. The van der Waals surface area contributed by atoms with E-state index in [1.54, 1.807) is 18.2 Å². The molecule has 1 aliphatic heterocycles. The molecule has 2 amide bonds. The number of amides is 2. The van der Waals surface area contributed by atoms with E-state index in [1.807, 2.05) is 36.4 Å². The third-order valence-corrected chi connectivity index (χ3v) is 4.92. The first kappa shape index (κ1) is 17.8. The first-order chi connectivity index (χ1) is 12.6. The van der Waals surface area contributed by atoms with Crippen LogP contribution in [0.5, 0.6) is 5.75 Å². The van der Waals surface area contributed by atoms with E-state index in [9.17, 15) is 14.7 Å². The zero-order valence-corrected chi connectivity index (χ0v) is 14.6. The summed E-state index contributed by atoms with van der Waals surface area (Å²) in [5.41, 5.74) is 0.838. The Morgan fingerprint density at radius 2 is 1.65 bits per heavy atom. The van der Waals surface area contributed by atoms with Crippen LogP contribution in [-0.2, 0) is 5.54 Å². The van der Waals surface area contributed by atoms with Crippen LogP contribution in [0.2, 0.25) is 0 Å². The van der Waals surface area contributed by atoms with Gasteiger partial charge in [-0.25, -0.2) is 4.79 Å². The van der Waals surface area contributed by atoms with Crippen LogP contribution in [-0.4, -0.2) is 42.2 Å². The number of rotatable bonds is 4. The molecule has 1 aliphatic rings. The molecule has 2 aromatic rings. The maximum atomic E-state index is 13.0. The van der Waals surface area contributed by atoms with Crippen molar-refractivity contribution < 1.29 is 19.4 Å². The maximum Gasteiger partial charge on any atom is 0.407 e. The molecule has 0 radical (unpaired) electrons. The number of nitrogens with one attached hydrogen (secondary N) is 1. The minimum Gasteiger partial charge on any atom is -0.496 e. The lowest BCUT2D eigenvalue weighted by atomic mass is 9.80. The molecule has 0 unspecified atom stereocenters. The van der Waals surface area contributed by atoms with Gasteiger partial charge in [-0.1, -0.05) is 42.5 Å². The average Bonchev–Trinajstić information content (AvgIpc) is 2.69. The van der Waals surface area contributed by atoms with E-state index in [0.717, 1.165) is 5.56 Å². The van der Waals surface area contributed by atoms with Gasteiger partial charge in [-0.2, -0.15) is 0 Å². The Balaban J connectivity index is 1.90. The van der Waals surface area contributed by atoms with E-state index in [2.05, 4.69) is 5.32 Å². The molecule has 2 aromatic carbocycles. The Morgan fingerprint density at radius 1 is 1.04 bits per heavy atom. The van der Waals surface area contributed by atoms with Crippen molar-refractivity contribution in [3.63, 3.8) is 0 Å². The molecule has 0 bridgehead atoms. The highest BCUT2D eigenvalue weighted by Gasteiger charge is 2.39. The van der Waals surface area contributed by atoms with Gasteiger partial charge in [0.2, 0.25) is 0 Å². The molecule has 0 aliphatic carbocycles. The molecule has 0 saturated carbocycles. The van der Waals surface area contributed by atoms with Crippen LogP contribution >= 0.6 is 0 Å². The first-order valence-electron chi connectivity index (χ1n) is 8.55. The van der Waals surface area contributed by atoms with E-state index >= 15 is 0 Å². The van der Waals surface area contributed by atoms with Crippen LogP contribution in [0.25, 0.3) is 0 Å². The molecule has 1 saturated heterocycles. The molecule has 0 spiro atoms. The molecule has 136 valence electrons. The highest BCUT2D eigenvalue weighted by atomic mass is 16.5. The molecular formula is C20H22N2O4. The number of carboxylic acid groups (broad SMARTS) is 1. The van der Waals surface area contributed by atoms with Gasteiger partial charge in [-0.05, 0) is 30.5 Å². The molecule has 26 heavy (non-hydrogen) atoms. The van der Waals surface area contributed by atoms with Crippen molar-refractivity contribution in [3.8, 4) is 5.75 Å². The molecule has 1 fully saturated rings. The predicted molar refractivity (Wildman–Crippen MR) is 97.4 cm³/mol. The smallest absolute Gasteiger partial charge is 0.407 e. The highest BCUT2D eigenvalue weighted by Crippen LogP contribution is 2.34.